The Morgan fingerprint density at radius 3 is 2.70 bits per heavy atom. The van der Waals surface area contributed by atoms with Gasteiger partial charge in [-0.05, 0) is 31.7 Å². The number of anilines is 1. The van der Waals surface area contributed by atoms with Crippen molar-refractivity contribution in [3.8, 4) is 0 Å². The van der Waals surface area contributed by atoms with Crippen LogP contribution in [0.2, 0.25) is 0 Å². The van der Waals surface area contributed by atoms with E-state index < -0.39 is 0 Å². The number of nitrogens with one attached hydrogen (secondary N) is 1. The summed E-state index contributed by atoms with van der Waals surface area (Å²) in [6, 6.07) is 0.673. The van der Waals surface area contributed by atoms with Crippen LogP contribution < -0.4 is 10.2 Å². The highest BCUT2D eigenvalue weighted by atomic mass is 32.1. The average molecular weight is 295 g/mol. The Morgan fingerprint density at radius 1 is 1.30 bits per heavy atom. The molecule has 20 heavy (non-hydrogen) atoms. The first kappa shape index (κ1) is 15.8. The number of aryl methyl sites for hydroxylation is 1. The third-order valence-electron chi connectivity index (χ3n) is 4.50. The molecule has 0 amide bonds. The summed E-state index contributed by atoms with van der Waals surface area (Å²) in [5.41, 5.74) is 1.28. The van der Waals surface area contributed by atoms with Crippen LogP contribution in [0, 0.1) is 5.92 Å². The summed E-state index contributed by atoms with van der Waals surface area (Å²) in [6.07, 6.45) is 6.49. The van der Waals surface area contributed by atoms with E-state index in [9.17, 15) is 0 Å². The largest absolute Gasteiger partial charge is 0.348 e. The molecule has 4 heteroatoms. The molecule has 0 saturated heterocycles. The highest BCUT2D eigenvalue weighted by Crippen LogP contribution is 2.33. The summed E-state index contributed by atoms with van der Waals surface area (Å²) < 4.78 is 0. The van der Waals surface area contributed by atoms with Crippen LogP contribution in [0.4, 0.5) is 5.13 Å². The van der Waals surface area contributed by atoms with E-state index in [4.69, 9.17) is 4.98 Å². The van der Waals surface area contributed by atoms with Gasteiger partial charge in [-0.1, -0.05) is 33.6 Å². The van der Waals surface area contributed by atoms with Gasteiger partial charge in [0.25, 0.3) is 0 Å². The number of hydrogen-bond acceptors (Lipinski definition) is 4. The minimum Gasteiger partial charge on any atom is -0.348 e. The quantitative estimate of drug-likeness (QED) is 0.864. The molecule has 1 fully saturated rings. The van der Waals surface area contributed by atoms with Crippen molar-refractivity contribution in [3.05, 3.63) is 10.6 Å². The van der Waals surface area contributed by atoms with Crippen LogP contribution in [0.5, 0.6) is 0 Å². The second-order valence-corrected chi connectivity index (χ2v) is 7.00. The molecule has 1 N–H and O–H groups in total. The highest BCUT2D eigenvalue weighted by Gasteiger charge is 2.27. The molecule has 114 valence electrons. The second-order valence-electron chi connectivity index (χ2n) is 5.94. The molecule has 0 aliphatic heterocycles. The maximum Gasteiger partial charge on any atom is 0.185 e. The van der Waals surface area contributed by atoms with E-state index in [1.807, 2.05) is 11.3 Å². The summed E-state index contributed by atoms with van der Waals surface area (Å²) in [7, 11) is 2.24. The fourth-order valence-corrected chi connectivity index (χ4v) is 4.33. The normalized spacial score (nSPS) is 23.0. The molecule has 0 bridgehead atoms. The summed E-state index contributed by atoms with van der Waals surface area (Å²) >= 11 is 1.88. The molecule has 1 heterocycles. The monoisotopic (exact) mass is 295 g/mol. The zero-order valence-corrected chi connectivity index (χ0v) is 14.2. The molecule has 1 aromatic rings. The second kappa shape index (κ2) is 7.41. The predicted molar refractivity (Wildman–Crippen MR) is 88.7 cm³/mol. The molecule has 1 aromatic heterocycles. The molecular weight excluding hydrogens is 266 g/mol. The van der Waals surface area contributed by atoms with Gasteiger partial charge in [-0.3, -0.25) is 0 Å². The van der Waals surface area contributed by atoms with Gasteiger partial charge in [-0.15, -0.1) is 11.3 Å². The van der Waals surface area contributed by atoms with Crippen LogP contribution in [-0.2, 0) is 13.0 Å². The summed E-state index contributed by atoms with van der Waals surface area (Å²) in [5.74, 6) is 0.792. The summed E-state index contributed by atoms with van der Waals surface area (Å²) in [4.78, 5) is 8.76. The zero-order chi connectivity index (χ0) is 14.5. The van der Waals surface area contributed by atoms with Crippen molar-refractivity contribution in [1.29, 1.82) is 0 Å². The number of aromatic nitrogens is 1. The maximum absolute atomic E-state index is 4.90. The van der Waals surface area contributed by atoms with Crippen molar-refractivity contribution in [1.82, 2.24) is 10.3 Å². The van der Waals surface area contributed by atoms with Gasteiger partial charge in [-0.2, -0.15) is 0 Å². The summed E-state index contributed by atoms with van der Waals surface area (Å²) in [5, 5.41) is 4.65. The van der Waals surface area contributed by atoms with Gasteiger partial charge in [0.2, 0.25) is 0 Å². The van der Waals surface area contributed by atoms with Gasteiger partial charge in [0, 0.05) is 24.5 Å². The lowest BCUT2D eigenvalue weighted by atomic mass is 9.85. The number of thiazole rings is 1. The van der Waals surface area contributed by atoms with Gasteiger partial charge in [0.15, 0.2) is 5.13 Å². The zero-order valence-electron chi connectivity index (χ0n) is 13.4. The van der Waals surface area contributed by atoms with Crippen molar-refractivity contribution in [3.63, 3.8) is 0 Å². The first-order valence-electron chi connectivity index (χ1n) is 8.09. The van der Waals surface area contributed by atoms with E-state index in [0.717, 1.165) is 25.4 Å². The Hall–Kier alpha value is -0.610. The molecule has 2 unspecified atom stereocenters. The van der Waals surface area contributed by atoms with Crippen LogP contribution in [0.25, 0.3) is 0 Å². The Balaban J connectivity index is 2.12. The van der Waals surface area contributed by atoms with E-state index in [-0.39, 0.29) is 0 Å². The number of hydrogen-bond donors (Lipinski definition) is 1. The van der Waals surface area contributed by atoms with Crippen LogP contribution >= 0.6 is 11.3 Å². The molecule has 0 radical (unpaired) electrons. The van der Waals surface area contributed by atoms with Crippen LogP contribution in [0.1, 0.15) is 57.0 Å². The van der Waals surface area contributed by atoms with Crippen LogP contribution in [0.15, 0.2) is 0 Å². The van der Waals surface area contributed by atoms with Gasteiger partial charge in [0.1, 0.15) is 0 Å². The van der Waals surface area contributed by atoms with Gasteiger partial charge < -0.3 is 10.2 Å². The Kier molecular flexibility index (Phi) is 5.85. The van der Waals surface area contributed by atoms with E-state index in [1.54, 1.807) is 0 Å². The topological polar surface area (TPSA) is 28.2 Å². The summed E-state index contributed by atoms with van der Waals surface area (Å²) in [6.45, 7) is 8.74. The predicted octanol–water partition coefficient (Wildman–Crippen LogP) is 3.83. The highest BCUT2D eigenvalue weighted by molar-refractivity contribution is 7.15. The lowest BCUT2D eigenvalue weighted by Gasteiger charge is -2.36. The minimum absolute atomic E-state index is 0.673. The fourth-order valence-electron chi connectivity index (χ4n) is 3.19. The van der Waals surface area contributed by atoms with E-state index >= 15 is 0 Å². The van der Waals surface area contributed by atoms with Gasteiger partial charge >= 0.3 is 0 Å². The fraction of sp³-hybridized carbons (Fsp3) is 0.812. The molecule has 0 spiro atoms. The maximum atomic E-state index is 4.90. The van der Waals surface area contributed by atoms with Crippen molar-refractivity contribution < 1.29 is 0 Å². The van der Waals surface area contributed by atoms with Crippen molar-refractivity contribution in [2.45, 2.75) is 65.5 Å². The van der Waals surface area contributed by atoms with Crippen LogP contribution in [-0.4, -0.2) is 24.6 Å². The average Bonchev–Trinajstić information content (AvgIpc) is 2.88. The van der Waals surface area contributed by atoms with Gasteiger partial charge in [-0.25, -0.2) is 4.98 Å². The molecular formula is C16H29N3S. The number of rotatable bonds is 6. The van der Waals surface area contributed by atoms with Crippen molar-refractivity contribution in [2.24, 2.45) is 5.92 Å². The van der Waals surface area contributed by atoms with E-state index in [2.05, 4.69) is 38.0 Å². The lowest BCUT2D eigenvalue weighted by molar-refractivity contribution is 0.321. The van der Waals surface area contributed by atoms with Gasteiger partial charge in [0.05, 0.1) is 5.69 Å². The third kappa shape index (κ3) is 3.53. The molecule has 1 saturated carbocycles. The Labute approximate surface area is 127 Å². The molecule has 3 nitrogen and oxygen atoms in total. The van der Waals surface area contributed by atoms with Crippen molar-refractivity contribution in [2.75, 3.05) is 18.5 Å². The molecule has 2 atom stereocenters. The molecule has 1 aliphatic carbocycles. The first-order chi connectivity index (χ1) is 9.67. The van der Waals surface area contributed by atoms with E-state index in [1.165, 1.54) is 41.4 Å². The third-order valence-corrected chi connectivity index (χ3v) is 5.69. The standard InChI is InChI=1S/C16H29N3S/c1-5-13-15(11-17-6-2)20-16(18-13)19(4)14-10-8-7-9-12(14)3/h12,14,17H,5-11H2,1-4H3. The molecule has 2 rings (SSSR count). The minimum atomic E-state index is 0.673. The molecule has 0 aromatic carbocycles. The smallest absolute Gasteiger partial charge is 0.185 e. The SMILES string of the molecule is CCNCc1sc(N(C)C2CCCCC2C)nc1CC. The lowest BCUT2D eigenvalue weighted by Crippen LogP contribution is -2.38. The Bertz CT molecular complexity index is 416. The van der Waals surface area contributed by atoms with E-state index in [0.29, 0.717) is 6.04 Å². The Morgan fingerprint density at radius 2 is 2.05 bits per heavy atom. The van der Waals surface area contributed by atoms with Crippen molar-refractivity contribution >= 4 is 16.5 Å². The first-order valence-corrected chi connectivity index (χ1v) is 8.91. The van der Waals surface area contributed by atoms with Crippen LogP contribution in [0.3, 0.4) is 0 Å². The molecule has 1 aliphatic rings. The number of nitrogens with zero attached hydrogens (tertiary/aromatic N) is 2.